The van der Waals surface area contributed by atoms with Gasteiger partial charge in [-0.25, -0.2) is 17.9 Å². The quantitative estimate of drug-likeness (QED) is 0.673. The second kappa shape index (κ2) is 9.54. The van der Waals surface area contributed by atoms with Crippen molar-refractivity contribution in [1.29, 1.82) is 0 Å². The molecule has 1 atom stereocenters. The summed E-state index contributed by atoms with van der Waals surface area (Å²) in [7, 11) is -3.44. The number of carbonyl (C=O) groups is 1. The van der Waals surface area contributed by atoms with Gasteiger partial charge in [0.15, 0.2) is 0 Å². The van der Waals surface area contributed by atoms with Crippen LogP contribution in [-0.4, -0.2) is 44.5 Å². The van der Waals surface area contributed by atoms with Gasteiger partial charge in [0.05, 0.1) is 0 Å². The highest BCUT2D eigenvalue weighted by Gasteiger charge is 2.27. The van der Waals surface area contributed by atoms with Gasteiger partial charge >= 0.3 is 6.03 Å². The zero-order valence-corrected chi connectivity index (χ0v) is 16.7. The first-order valence-electron chi connectivity index (χ1n) is 9.03. The number of amides is 2. The van der Waals surface area contributed by atoms with Crippen molar-refractivity contribution < 1.29 is 13.2 Å². The summed E-state index contributed by atoms with van der Waals surface area (Å²) in [6.07, 6.45) is 5.78. The predicted molar refractivity (Wildman–Crippen MR) is 101 cm³/mol. The number of urea groups is 1. The molecule has 0 spiro atoms. The maximum absolute atomic E-state index is 12.3. The molecule has 1 fully saturated rings. The summed E-state index contributed by atoms with van der Waals surface area (Å²) < 4.78 is 27.6. The number of unbranched alkanes of at least 4 members (excludes halogenated alkanes) is 2. The van der Waals surface area contributed by atoms with Crippen LogP contribution in [0.4, 0.5) is 4.79 Å². The highest BCUT2D eigenvalue weighted by Crippen LogP contribution is 2.19. The number of piperidine rings is 1. The molecule has 1 aromatic rings. The van der Waals surface area contributed by atoms with E-state index in [1.807, 2.05) is 6.92 Å². The molecule has 0 aliphatic carbocycles. The molecule has 2 amide bonds. The molecule has 0 radical (unpaired) electrons. The molecule has 1 aliphatic rings. The van der Waals surface area contributed by atoms with Crippen molar-refractivity contribution in [2.45, 2.75) is 68.7 Å². The van der Waals surface area contributed by atoms with Crippen LogP contribution in [0.3, 0.4) is 0 Å². The molecule has 2 rings (SSSR count). The highest BCUT2D eigenvalue weighted by molar-refractivity contribution is 7.91. The Labute approximate surface area is 155 Å². The van der Waals surface area contributed by atoms with Gasteiger partial charge < -0.3 is 10.2 Å². The van der Waals surface area contributed by atoms with E-state index >= 15 is 0 Å². The lowest BCUT2D eigenvalue weighted by molar-refractivity contribution is 0.176. The van der Waals surface area contributed by atoms with Crippen LogP contribution >= 0.6 is 11.3 Å². The first-order chi connectivity index (χ1) is 11.9. The lowest BCUT2D eigenvalue weighted by Gasteiger charge is -2.33. The van der Waals surface area contributed by atoms with Crippen molar-refractivity contribution in [3.8, 4) is 0 Å². The van der Waals surface area contributed by atoms with E-state index in [0.29, 0.717) is 30.1 Å². The molecule has 2 heterocycles. The molecule has 142 valence electrons. The molecule has 1 aromatic heterocycles. The third kappa shape index (κ3) is 6.27. The Bertz CT molecular complexity index is 624. The fourth-order valence-corrected chi connectivity index (χ4v) is 5.28. The summed E-state index contributed by atoms with van der Waals surface area (Å²) in [6, 6.07) is 3.36. The highest BCUT2D eigenvalue weighted by atomic mass is 32.2. The largest absolute Gasteiger partial charge is 0.336 e. The van der Waals surface area contributed by atoms with Crippen molar-refractivity contribution in [1.82, 2.24) is 14.9 Å². The number of hydrogen-bond donors (Lipinski definition) is 2. The number of nitrogens with one attached hydrogen (secondary N) is 2. The van der Waals surface area contributed by atoms with Crippen LogP contribution in [0.5, 0.6) is 0 Å². The monoisotopic (exact) mass is 387 g/mol. The third-order valence-corrected chi connectivity index (χ3v) is 7.39. The molecule has 6 nitrogen and oxygen atoms in total. The first kappa shape index (κ1) is 20.2. The Morgan fingerprint density at radius 1 is 1.36 bits per heavy atom. The fraction of sp³-hybridized carbons (Fsp3) is 0.706. The first-order valence-corrected chi connectivity index (χ1v) is 11.4. The molecule has 1 saturated heterocycles. The van der Waals surface area contributed by atoms with Crippen molar-refractivity contribution in [3.63, 3.8) is 0 Å². The Morgan fingerprint density at radius 2 is 2.08 bits per heavy atom. The lowest BCUT2D eigenvalue weighted by Crippen LogP contribution is -2.50. The van der Waals surface area contributed by atoms with Crippen molar-refractivity contribution >= 4 is 27.4 Å². The van der Waals surface area contributed by atoms with Gasteiger partial charge in [-0.3, -0.25) is 0 Å². The van der Waals surface area contributed by atoms with Crippen LogP contribution in [-0.2, 0) is 10.0 Å². The SMILES string of the molecule is CCCCCC(C)NC(=O)N1CCC(NS(=O)(=O)c2cccs2)CC1. The van der Waals surface area contributed by atoms with Gasteiger partial charge in [0.2, 0.25) is 10.0 Å². The van der Waals surface area contributed by atoms with Gasteiger partial charge in [0.1, 0.15) is 4.21 Å². The Hall–Kier alpha value is -1.12. The summed E-state index contributed by atoms with van der Waals surface area (Å²) in [5.74, 6) is 0. The van der Waals surface area contributed by atoms with E-state index in [2.05, 4.69) is 17.0 Å². The van der Waals surface area contributed by atoms with E-state index in [0.717, 1.165) is 12.8 Å². The maximum atomic E-state index is 12.3. The van der Waals surface area contributed by atoms with Crippen molar-refractivity contribution in [2.24, 2.45) is 0 Å². The van der Waals surface area contributed by atoms with Gasteiger partial charge in [-0.05, 0) is 37.6 Å². The smallest absolute Gasteiger partial charge is 0.317 e. The van der Waals surface area contributed by atoms with Crippen LogP contribution in [0.15, 0.2) is 21.7 Å². The summed E-state index contributed by atoms with van der Waals surface area (Å²) >= 11 is 1.21. The van der Waals surface area contributed by atoms with Crippen molar-refractivity contribution in [2.75, 3.05) is 13.1 Å². The summed E-state index contributed by atoms with van der Waals surface area (Å²) in [5, 5.41) is 4.80. The van der Waals surface area contributed by atoms with Crippen molar-refractivity contribution in [3.05, 3.63) is 17.5 Å². The van der Waals surface area contributed by atoms with E-state index < -0.39 is 10.0 Å². The zero-order chi connectivity index (χ0) is 18.3. The molecular weight excluding hydrogens is 358 g/mol. The average molecular weight is 388 g/mol. The number of rotatable bonds is 8. The number of hydrogen-bond acceptors (Lipinski definition) is 4. The maximum Gasteiger partial charge on any atom is 0.317 e. The van der Waals surface area contributed by atoms with E-state index in [1.165, 1.54) is 24.2 Å². The van der Waals surface area contributed by atoms with Gasteiger partial charge in [-0.15, -0.1) is 11.3 Å². The predicted octanol–water partition coefficient (Wildman–Crippen LogP) is 3.17. The summed E-state index contributed by atoms with van der Waals surface area (Å²) in [6.45, 7) is 5.35. The summed E-state index contributed by atoms with van der Waals surface area (Å²) in [4.78, 5) is 14.1. The van der Waals surface area contributed by atoms with Gasteiger partial charge in [0, 0.05) is 25.2 Å². The second-order valence-electron chi connectivity index (χ2n) is 6.66. The Morgan fingerprint density at radius 3 is 2.68 bits per heavy atom. The minimum atomic E-state index is -3.44. The van der Waals surface area contributed by atoms with E-state index in [-0.39, 0.29) is 18.1 Å². The van der Waals surface area contributed by atoms with Gasteiger partial charge in [-0.2, -0.15) is 0 Å². The fourth-order valence-electron chi connectivity index (χ4n) is 2.97. The molecule has 0 saturated carbocycles. The van der Waals surface area contributed by atoms with Crippen LogP contribution < -0.4 is 10.0 Å². The van der Waals surface area contributed by atoms with E-state index in [1.54, 1.807) is 22.4 Å². The Kier molecular flexibility index (Phi) is 7.71. The topological polar surface area (TPSA) is 78.5 Å². The lowest BCUT2D eigenvalue weighted by atomic mass is 10.1. The number of likely N-dealkylation sites (tertiary alicyclic amines) is 1. The van der Waals surface area contributed by atoms with E-state index in [9.17, 15) is 13.2 Å². The number of thiophene rings is 1. The van der Waals surface area contributed by atoms with Crippen LogP contribution in [0.25, 0.3) is 0 Å². The third-order valence-electron chi connectivity index (χ3n) is 4.47. The van der Waals surface area contributed by atoms with E-state index in [4.69, 9.17) is 0 Å². The van der Waals surface area contributed by atoms with Gasteiger partial charge in [-0.1, -0.05) is 32.3 Å². The molecule has 1 aliphatic heterocycles. The average Bonchev–Trinajstić information content (AvgIpc) is 3.11. The molecule has 8 heteroatoms. The molecule has 0 bridgehead atoms. The number of carbonyl (C=O) groups excluding carboxylic acids is 1. The van der Waals surface area contributed by atoms with Gasteiger partial charge in [0.25, 0.3) is 0 Å². The second-order valence-corrected chi connectivity index (χ2v) is 9.55. The minimum Gasteiger partial charge on any atom is -0.336 e. The zero-order valence-electron chi connectivity index (χ0n) is 15.0. The van der Waals surface area contributed by atoms with Crippen LogP contribution in [0.1, 0.15) is 52.4 Å². The summed E-state index contributed by atoms with van der Waals surface area (Å²) in [5.41, 5.74) is 0. The molecule has 0 aromatic carbocycles. The van der Waals surface area contributed by atoms with Crippen LogP contribution in [0, 0.1) is 0 Å². The molecule has 1 unspecified atom stereocenters. The number of nitrogens with zero attached hydrogens (tertiary/aromatic N) is 1. The minimum absolute atomic E-state index is 0.0384. The standard InChI is InChI=1S/C17H29N3O3S2/c1-3-4-5-7-14(2)18-17(21)20-11-9-15(10-12-20)19-25(22,23)16-8-6-13-24-16/h6,8,13-15,19H,3-5,7,9-12H2,1-2H3,(H,18,21). The molecule has 25 heavy (non-hydrogen) atoms. The number of sulfonamides is 1. The molecule has 2 N–H and O–H groups in total. The van der Waals surface area contributed by atoms with Crippen LogP contribution in [0.2, 0.25) is 0 Å². The normalized spacial score (nSPS) is 17.4. The molecular formula is C17H29N3O3S2. The Balaban J connectivity index is 1.74.